The van der Waals surface area contributed by atoms with Crippen LogP contribution in [0.2, 0.25) is 0 Å². The molecule has 0 heterocycles. The molecular formula is C17H28N2O2. The molecule has 1 aromatic rings. The maximum atomic E-state index is 11.5. The van der Waals surface area contributed by atoms with E-state index in [-0.39, 0.29) is 12.5 Å². The molecule has 21 heavy (non-hydrogen) atoms. The van der Waals surface area contributed by atoms with Crippen molar-refractivity contribution in [2.75, 3.05) is 26.7 Å². The van der Waals surface area contributed by atoms with Gasteiger partial charge in [0, 0.05) is 6.54 Å². The third-order valence-electron chi connectivity index (χ3n) is 2.88. The van der Waals surface area contributed by atoms with E-state index in [1.165, 1.54) is 5.56 Å². The summed E-state index contributed by atoms with van der Waals surface area (Å²) < 4.78 is 5.23. The fourth-order valence-corrected chi connectivity index (χ4v) is 2.02. The molecule has 0 aromatic heterocycles. The minimum absolute atomic E-state index is 0.194. The Morgan fingerprint density at radius 2 is 1.90 bits per heavy atom. The standard InChI is InChI=1S/C17H28N2O2/c1-17(2,3)21-16(20)13-18-11-8-12-19(4)14-15-9-6-5-7-10-15/h5-7,9-10,18H,8,11-14H2,1-4H3. The highest BCUT2D eigenvalue weighted by atomic mass is 16.6. The van der Waals surface area contributed by atoms with E-state index < -0.39 is 5.60 Å². The van der Waals surface area contributed by atoms with Gasteiger partial charge < -0.3 is 15.0 Å². The molecule has 4 heteroatoms. The molecule has 1 aromatic carbocycles. The molecule has 0 spiro atoms. The van der Waals surface area contributed by atoms with Crippen LogP contribution < -0.4 is 5.32 Å². The number of carbonyl (C=O) groups excluding carboxylic acids is 1. The van der Waals surface area contributed by atoms with Crippen LogP contribution in [0, 0.1) is 0 Å². The van der Waals surface area contributed by atoms with Crippen LogP contribution >= 0.6 is 0 Å². The highest BCUT2D eigenvalue weighted by Crippen LogP contribution is 2.06. The van der Waals surface area contributed by atoms with Crippen LogP contribution in [-0.4, -0.2) is 43.2 Å². The lowest BCUT2D eigenvalue weighted by Crippen LogP contribution is -2.32. The van der Waals surface area contributed by atoms with Gasteiger partial charge in [-0.3, -0.25) is 4.79 Å². The summed E-state index contributed by atoms with van der Waals surface area (Å²) in [5, 5.41) is 3.13. The topological polar surface area (TPSA) is 41.6 Å². The fourth-order valence-electron chi connectivity index (χ4n) is 2.02. The minimum atomic E-state index is -0.408. The summed E-state index contributed by atoms with van der Waals surface area (Å²) in [6.45, 7) is 8.68. The lowest BCUT2D eigenvalue weighted by Gasteiger charge is -2.20. The second kappa shape index (κ2) is 8.80. The zero-order valence-corrected chi connectivity index (χ0v) is 13.7. The molecule has 1 N–H and O–H groups in total. The molecule has 0 saturated heterocycles. The van der Waals surface area contributed by atoms with E-state index in [0.29, 0.717) is 0 Å². The fraction of sp³-hybridized carbons (Fsp3) is 0.588. The maximum absolute atomic E-state index is 11.5. The summed E-state index contributed by atoms with van der Waals surface area (Å²) in [4.78, 5) is 13.8. The molecule has 0 atom stereocenters. The molecule has 0 aliphatic carbocycles. The Bertz CT molecular complexity index is 413. The largest absolute Gasteiger partial charge is 0.459 e. The number of hydrogen-bond acceptors (Lipinski definition) is 4. The van der Waals surface area contributed by atoms with Crippen molar-refractivity contribution in [2.24, 2.45) is 0 Å². The molecule has 0 bridgehead atoms. The molecule has 0 aliphatic heterocycles. The van der Waals surface area contributed by atoms with E-state index in [2.05, 4.69) is 41.5 Å². The molecule has 0 aliphatic rings. The van der Waals surface area contributed by atoms with Gasteiger partial charge in [-0.1, -0.05) is 30.3 Å². The zero-order chi connectivity index (χ0) is 15.7. The summed E-state index contributed by atoms with van der Waals surface area (Å²) in [6, 6.07) is 10.4. The van der Waals surface area contributed by atoms with Gasteiger partial charge in [0.15, 0.2) is 0 Å². The van der Waals surface area contributed by atoms with Gasteiger partial charge in [0.05, 0.1) is 6.54 Å². The van der Waals surface area contributed by atoms with Gasteiger partial charge in [-0.2, -0.15) is 0 Å². The van der Waals surface area contributed by atoms with Gasteiger partial charge in [-0.05, 0) is 52.9 Å². The number of ether oxygens (including phenoxy) is 1. The van der Waals surface area contributed by atoms with Gasteiger partial charge >= 0.3 is 5.97 Å². The Hall–Kier alpha value is -1.39. The smallest absolute Gasteiger partial charge is 0.320 e. The van der Waals surface area contributed by atoms with Gasteiger partial charge in [-0.15, -0.1) is 0 Å². The van der Waals surface area contributed by atoms with E-state index in [1.807, 2.05) is 26.8 Å². The third kappa shape index (κ3) is 9.21. The molecule has 0 unspecified atom stereocenters. The van der Waals surface area contributed by atoms with Crippen molar-refractivity contribution in [2.45, 2.75) is 39.3 Å². The first-order chi connectivity index (χ1) is 9.87. The monoisotopic (exact) mass is 292 g/mol. The van der Waals surface area contributed by atoms with Crippen LogP contribution in [0.4, 0.5) is 0 Å². The van der Waals surface area contributed by atoms with Crippen molar-refractivity contribution < 1.29 is 9.53 Å². The Kier molecular flexibility index (Phi) is 7.40. The molecule has 1 rings (SSSR count). The van der Waals surface area contributed by atoms with Crippen LogP contribution in [0.3, 0.4) is 0 Å². The summed E-state index contributed by atoms with van der Waals surface area (Å²) in [5.41, 5.74) is 0.913. The van der Waals surface area contributed by atoms with Gasteiger partial charge in [0.2, 0.25) is 0 Å². The first kappa shape index (κ1) is 17.7. The second-order valence-electron chi connectivity index (χ2n) is 6.34. The predicted octanol–water partition coefficient (Wildman–Crippen LogP) is 2.44. The number of benzene rings is 1. The molecule has 0 amide bonds. The average molecular weight is 292 g/mol. The maximum Gasteiger partial charge on any atom is 0.320 e. The Labute approximate surface area is 128 Å². The Balaban J connectivity index is 2.07. The van der Waals surface area contributed by atoms with Crippen molar-refractivity contribution in [3.8, 4) is 0 Å². The van der Waals surface area contributed by atoms with Crippen molar-refractivity contribution in [3.63, 3.8) is 0 Å². The summed E-state index contributed by atoms with van der Waals surface area (Å²) >= 11 is 0. The van der Waals surface area contributed by atoms with E-state index >= 15 is 0 Å². The van der Waals surface area contributed by atoms with Gasteiger partial charge in [0.25, 0.3) is 0 Å². The zero-order valence-electron chi connectivity index (χ0n) is 13.7. The molecule has 0 radical (unpaired) electrons. The minimum Gasteiger partial charge on any atom is -0.459 e. The normalized spacial score (nSPS) is 11.7. The molecule has 0 fully saturated rings. The molecule has 118 valence electrons. The van der Waals surface area contributed by atoms with E-state index in [0.717, 1.165) is 26.1 Å². The van der Waals surface area contributed by atoms with Crippen molar-refractivity contribution >= 4 is 5.97 Å². The first-order valence-corrected chi connectivity index (χ1v) is 7.52. The molecular weight excluding hydrogens is 264 g/mol. The lowest BCUT2D eigenvalue weighted by molar-refractivity contribution is -0.153. The first-order valence-electron chi connectivity index (χ1n) is 7.52. The summed E-state index contributed by atoms with van der Waals surface area (Å²) in [7, 11) is 2.11. The van der Waals surface area contributed by atoms with E-state index in [9.17, 15) is 4.79 Å². The van der Waals surface area contributed by atoms with E-state index in [4.69, 9.17) is 4.74 Å². The average Bonchev–Trinajstić information content (AvgIpc) is 2.37. The number of nitrogens with zero attached hydrogens (tertiary/aromatic N) is 1. The van der Waals surface area contributed by atoms with Crippen LogP contribution in [0.15, 0.2) is 30.3 Å². The number of rotatable bonds is 8. The van der Waals surface area contributed by atoms with Crippen LogP contribution in [0.1, 0.15) is 32.8 Å². The quantitative estimate of drug-likeness (QED) is 0.590. The van der Waals surface area contributed by atoms with Crippen LogP contribution in [0.25, 0.3) is 0 Å². The number of hydrogen-bond donors (Lipinski definition) is 1. The van der Waals surface area contributed by atoms with Gasteiger partial charge in [-0.25, -0.2) is 0 Å². The van der Waals surface area contributed by atoms with Crippen LogP contribution in [-0.2, 0) is 16.1 Å². The molecule has 4 nitrogen and oxygen atoms in total. The highest BCUT2D eigenvalue weighted by Gasteiger charge is 2.15. The lowest BCUT2D eigenvalue weighted by atomic mass is 10.2. The highest BCUT2D eigenvalue weighted by molar-refractivity contribution is 5.72. The number of carbonyl (C=O) groups is 1. The van der Waals surface area contributed by atoms with Crippen molar-refractivity contribution in [3.05, 3.63) is 35.9 Å². The van der Waals surface area contributed by atoms with Crippen molar-refractivity contribution in [1.82, 2.24) is 10.2 Å². The van der Waals surface area contributed by atoms with Crippen molar-refractivity contribution in [1.29, 1.82) is 0 Å². The number of esters is 1. The van der Waals surface area contributed by atoms with Gasteiger partial charge in [0.1, 0.15) is 5.60 Å². The summed E-state index contributed by atoms with van der Waals surface area (Å²) in [5.74, 6) is -0.194. The second-order valence-corrected chi connectivity index (χ2v) is 6.34. The Morgan fingerprint density at radius 3 is 2.52 bits per heavy atom. The Morgan fingerprint density at radius 1 is 1.24 bits per heavy atom. The van der Waals surface area contributed by atoms with Crippen LogP contribution in [0.5, 0.6) is 0 Å². The SMILES string of the molecule is CN(CCCNCC(=O)OC(C)(C)C)Cc1ccccc1. The molecule has 0 saturated carbocycles. The predicted molar refractivity (Wildman–Crippen MR) is 86.1 cm³/mol. The third-order valence-corrected chi connectivity index (χ3v) is 2.88. The van der Waals surface area contributed by atoms with E-state index in [1.54, 1.807) is 0 Å². The summed E-state index contributed by atoms with van der Waals surface area (Å²) in [6.07, 6.45) is 1.01. The number of nitrogens with one attached hydrogen (secondary N) is 1.